The molecular formula is C23H35NO8. The topological polar surface area (TPSA) is 120 Å². The minimum atomic E-state index is -2.09. The molecule has 0 saturated heterocycles. The maximum Gasteiger partial charge on any atom is 0.407 e. The van der Waals surface area contributed by atoms with Crippen LogP contribution in [0.2, 0.25) is 0 Å². The van der Waals surface area contributed by atoms with Crippen molar-refractivity contribution in [1.29, 1.82) is 0 Å². The first-order valence-corrected chi connectivity index (χ1v) is 10.4. The molecule has 180 valence electrons. The zero-order valence-electron chi connectivity index (χ0n) is 19.9. The van der Waals surface area contributed by atoms with Crippen molar-refractivity contribution in [1.82, 2.24) is 5.32 Å². The summed E-state index contributed by atoms with van der Waals surface area (Å²) in [5.74, 6) is -2.53. The second-order valence-electron chi connectivity index (χ2n) is 8.76. The minimum absolute atomic E-state index is 0.141. The van der Waals surface area contributed by atoms with Crippen molar-refractivity contribution in [2.75, 3.05) is 27.4 Å². The van der Waals surface area contributed by atoms with E-state index in [1.54, 1.807) is 58.9 Å². The number of amides is 1. The molecule has 1 aromatic rings. The Morgan fingerprint density at radius 1 is 1.03 bits per heavy atom. The zero-order chi connectivity index (χ0) is 24.5. The largest absolute Gasteiger partial charge is 0.492 e. The summed E-state index contributed by atoms with van der Waals surface area (Å²) in [6.07, 6.45) is -0.665. The quantitative estimate of drug-likeness (QED) is 0.315. The molecule has 0 aliphatic rings. The van der Waals surface area contributed by atoms with Crippen LogP contribution in [0.15, 0.2) is 24.3 Å². The summed E-state index contributed by atoms with van der Waals surface area (Å²) < 4.78 is 20.3. The molecule has 2 unspecified atom stereocenters. The average molecular weight is 454 g/mol. The number of esters is 2. The lowest BCUT2D eigenvalue weighted by atomic mass is 9.76. The molecule has 2 atom stereocenters. The minimum Gasteiger partial charge on any atom is -0.492 e. The van der Waals surface area contributed by atoms with Crippen LogP contribution in [-0.2, 0) is 30.2 Å². The lowest BCUT2D eigenvalue weighted by Gasteiger charge is -2.34. The van der Waals surface area contributed by atoms with Crippen LogP contribution in [0.5, 0.6) is 5.75 Å². The van der Waals surface area contributed by atoms with Gasteiger partial charge in [0.1, 0.15) is 18.0 Å². The van der Waals surface area contributed by atoms with Gasteiger partial charge in [-0.15, -0.1) is 0 Å². The number of aliphatic hydroxyl groups is 1. The van der Waals surface area contributed by atoms with Gasteiger partial charge in [-0.05, 0) is 44.4 Å². The summed E-state index contributed by atoms with van der Waals surface area (Å²) in [4.78, 5) is 36.3. The Kier molecular flexibility index (Phi) is 9.96. The summed E-state index contributed by atoms with van der Waals surface area (Å²) in [7, 11) is 2.36. The van der Waals surface area contributed by atoms with E-state index in [9.17, 15) is 19.5 Å². The molecule has 0 spiro atoms. The van der Waals surface area contributed by atoms with Crippen molar-refractivity contribution < 1.29 is 38.4 Å². The maximum absolute atomic E-state index is 12.4. The Labute approximate surface area is 189 Å². The number of carbonyl (C=O) groups excluding carboxylic acids is 3. The van der Waals surface area contributed by atoms with Crippen LogP contribution in [0.3, 0.4) is 0 Å². The first kappa shape index (κ1) is 27.2. The van der Waals surface area contributed by atoms with E-state index in [2.05, 4.69) is 5.32 Å². The summed E-state index contributed by atoms with van der Waals surface area (Å²) in [5.41, 5.74) is -2.06. The molecule has 0 saturated carbocycles. The third-order valence-electron chi connectivity index (χ3n) is 4.61. The molecule has 0 heterocycles. The Morgan fingerprint density at radius 3 is 2.09 bits per heavy atom. The van der Waals surface area contributed by atoms with Crippen LogP contribution in [0, 0.1) is 11.8 Å². The number of methoxy groups -OCH3 is 2. The van der Waals surface area contributed by atoms with E-state index in [0.717, 1.165) is 7.11 Å². The molecule has 0 fully saturated rings. The highest BCUT2D eigenvalue weighted by Gasteiger charge is 2.51. The number of hydrogen-bond donors (Lipinski definition) is 2. The third-order valence-corrected chi connectivity index (χ3v) is 4.61. The molecule has 1 rings (SSSR count). The van der Waals surface area contributed by atoms with E-state index in [0.29, 0.717) is 11.3 Å². The van der Waals surface area contributed by atoms with Crippen LogP contribution in [-0.4, -0.2) is 61.7 Å². The van der Waals surface area contributed by atoms with Crippen LogP contribution >= 0.6 is 0 Å². The molecule has 32 heavy (non-hydrogen) atoms. The van der Waals surface area contributed by atoms with Gasteiger partial charge < -0.3 is 29.4 Å². The van der Waals surface area contributed by atoms with E-state index in [-0.39, 0.29) is 25.5 Å². The van der Waals surface area contributed by atoms with Gasteiger partial charge in [0, 0.05) is 6.42 Å². The van der Waals surface area contributed by atoms with Gasteiger partial charge in [0.15, 0.2) is 5.60 Å². The number of benzene rings is 1. The predicted molar refractivity (Wildman–Crippen MR) is 117 cm³/mol. The Hall–Kier alpha value is -2.81. The third kappa shape index (κ3) is 8.03. The molecule has 2 N–H and O–H groups in total. The number of rotatable bonds is 10. The van der Waals surface area contributed by atoms with E-state index in [1.165, 1.54) is 7.11 Å². The fraction of sp³-hybridized carbons (Fsp3) is 0.609. The Bertz CT molecular complexity index is 769. The van der Waals surface area contributed by atoms with Gasteiger partial charge >= 0.3 is 18.0 Å². The highest BCUT2D eigenvalue weighted by Crippen LogP contribution is 2.32. The Balaban J connectivity index is 2.80. The lowest BCUT2D eigenvalue weighted by molar-refractivity contribution is -0.181. The number of hydrogen-bond acceptors (Lipinski definition) is 8. The van der Waals surface area contributed by atoms with E-state index < -0.39 is 35.2 Å². The number of nitrogens with one attached hydrogen (secondary N) is 1. The van der Waals surface area contributed by atoms with Crippen LogP contribution in [0.25, 0.3) is 0 Å². The molecular weight excluding hydrogens is 418 g/mol. The van der Waals surface area contributed by atoms with Gasteiger partial charge in [0.2, 0.25) is 0 Å². The molecule has 9 heteroatoms. The fourth-order valence-corrected chi connectivity index (χ4v) is 3.28. The second-order valence-corrected chi connectivity index (χ2v) is 8.76. The highest BCUT2D eigenvalue weighted by atomic mass is 16.6. The monoisotopic (exact) mass is 453 g/mol. The SMILES string of the molecule is COC(=O)C(C(C)C)C(O)(Cc1ccc(OCCNC(=O)OC(C)(C)C)cc1)C(=O)OC. The summed E-state index contributed by atoms with van der Waals surface area (Å²) in [6, 6.07) is 6.70. The molecule has 1 amide bonds. The van der Waals surface area contributed by atoms with Gasteiger partial charge in [0.25, 0.3) is 0 Å². The van der Waals surface area contributed by atoms with Gasteiger partial charge in [-0.3, -0.25) is 4.79 Å². The van der Waals surface area contributed by atoms with Crippen LogP contribution < -0.4 is 10.1 Å². The van der Waals surface area contributed by atoms with Crippen molar-refractivity contribution in [2.45, 2.75) is 52.2 Å². The number of alkyl carbamates (subject to hydrolysis) is 1. The number of carbonyl (C=O) groups is 3. The summed E-state index contributed by atoms with van der Waals surface area (Å²) in [5, 5.41) is 13.8. The van der Waals surface area contributed by atoms with Crippen molar-refractivity contribution in [2.24, 2.45) is 11.8 Å². The second kappa shape index (κ2) is 11.7. The van der Waals surface area contributed by atoms with Gasteiger partial charge in [0.05, 0.1) is 26.7 Å². The summed E-state index contributed by atoms with van der Waals surface area (Å²) >= 11 is 0. The van der Waals surface area contributed by atoms with Gasteiger partial charge in [-0.1, -0.05) is 26.0 Å². The van der Waals surface area contributed by atoms with Crippen molar-refractivity contribution in [3.63, 3.8) is 0 Å². The summed E-state index contributed by atoms with van der Waals surface area (Å²) in [6.45, 7) is 9.26. The molecule has 1 aromatic carbocycles. The smallest absolute Gasteiger partial charge is 0.407 e. The van der Waals surface area contributed by atoms with Crippen LogP contribution in [0.4, 0.5) is 4.79 Å². The first-order chi connectivity index (χ1) is 14.8. The Morgan fingerprint density at radius 2 is 1.62 bits per heavy atom. The molecule has 0 radical (unpaired) electrons. The van der Waals surface area contributed by atoms with Gasteiger partial charge in [-0.2, -0.15) is 0 Å². The lowest BCUT2D eigenvalue weighted by Crippen LogP contribution is -2.54. The van der Waals surface area contributed by atoms with Crippen LogP contribution in [0.1, 0.15) is 40.2 Å². The molecule has 0 aliphatic carbocycles. The molecule has 0 aliphatic heterocycles. The van der Waals surface area contributed by atoms with Crippen molar-refractivity contribution in [3.05, 3.63) is 29.8 Å². The zero-order valence-corrected chi connectivity index (χ0v) is 19.9. The van der Waals surface area contributed by atoms with E-state index in [1.807, 2.05) is 0 Å². The van der Waals surface area contributed by atoms with Crippen molar-refractivity contribution >= 4 is 18.0 Å². The fourth-order valence-electron chi connectivity index (χ4n) is 3.28. The molecule has 0 aromatic heterocycles. The number of ether oxygens (including phenoxy) is 4. The van der Waals surface area contributed by atoms with E-state index in [4.69, 9.17) is 18.9 Å². The normalized spacial score (nSPS) is 14.2. The van der Waals surface area contributed by atoms with Gasteiger partial charge in [-0.25, -0.2) is 9.59 Å². The van der Waals surface area contributed by atoms with E-state index >= 15 is 0 Å². The molecule has 9 nitrogen and oxygen atoms in total. The maximum atomic E-state index is 12.4. The average Bonchev–Trinajstić information content (AvgIpc) is 2.70. The first-order valence-electron chi connectivity index (χ1n) is 10.4. The molecule has 0 bridgehead atoms. The predicted octanol–water partition coefficient (Wildman–Crippen LogP) is 2.48. The highest BCUT2D eigenvalue weighted by molar-refractivity contribution is 5.88. The van der Waals surface area contributed by atoms with Crippen molar-refractivity contribution in [3.8, 4) is 5.75 Å². The standard InChI is InChI=1S/C23H35NO8/c1-15(2)18(19(25)29-6)23(28,20(26)30-7)14-16-8-10-17(11-9-16)31-13-12-24-21(27)32-22(3,4)5/h8-11,15,18,28H,12-14H2,1-7H3,(H,24,27).